The molecule has 0 saturated heterocycles. The Kier molecular flexibility index (Phi) is 10.1. The topological polar surface area (TPSA) is 171 Å². The molecular weight excluding hydrogens is 400 g/mol. The summed E-state index contributed by atoms with van der Waals surface area (Å²) in [4.78, 5) is 47.6. The summed E-state index contributed by atoms with van der Waals surface area (Å²) in [5, 5.41) is 25.7. The zero-order valence-electron chi connectivity index (χ0n) is 15.9. The second-order valence-corrected chi connectivity index (χ2v) is 6.75. The number of nitrogens with two attached hydrogens (primary N) is 1. The van der Waals surface area contributed by atoms with E-state index in [1.165, 1.54) is 6.92 Å². The quantitative estimate of drug-likeness (QED) is 0.201. The van der Waals surface area contributed by atoms with Crippen LogP contribution in [0, 0.1) is 0 Å². The van der Waals surface area contributed by atoms with Crippen LogP contribution in [0.2, 0.25) is 0 Å². The third kappa shape index (κ3) is 8.50. The van der Waals surface area contributed by atoms with E-state index in [1.807, 2.05) is 0 Å². The highest BCUT2D eigenvalue weighted by Crippen LogP contribution is 2.05. The van der Waals surface area contributed by atoms with Crippen LogP contribution >= 0.6 is 12.6 Å². The Morgan fingerprint density at radius 1 is 1.10 bits per heavy atom. The first-order valence-corrected chi connectivity index (χ1v) is 9.47. The van der Waals surface area contributed by atoms with Crippen LogP contribution in [0.5, 0.6) is 0 Å². The van der Waals surface area contributed by atoms with Crippen molar-refractivity contribution in [2.45, 2.75) is 37.6 Å². The lowest BCUT2D eigenvalue weighted by molar-refractivity contribution is -0.145. The number of carboxylic acids is 1. The van der Waals surface area contributed by atoms with Crippen molar-refractivity contribution in [3.05, 3.63) is 35.9 Å². The summed E-state index contributed by atoms with van der Waals surface area (Å²) < 4.78 is 0. The van der Waals surface area contributed by atoms with Gasteiger partial charge in [-0.15, -0.1) is 0 Å². The van der Waals surface area contributed by atoms with Crippen molar-refractivity contribution in [1.29, 1.82) is 0 Å². The molecule has 0 heterocycles. The van der Waals surface area contributed by atoms with Gasteiger partial charge in [0.2, 0.25) is 17.7 Å². The molecule has 0 fully saturated rings. The molecule has 1 aromatic carbocycles. The number of benzene rings is 1. The van der Waals surface area contributed by atoms with Crippen molar-refractivity contribution in [3.63, 3.8) is 0 Å². The molecule has 160 valence electrons. The molecule has 3 amide bonds. The van der Waals surface area contributed by atoms with E-state index in [2.05, 4.69) is 28.6 Å². The fourth-order valence-electron chi connectivity index (χ4n) is 2.33. The van der Waals surface area contributed by atoms with Crippen LogP contribution in [0.3, 0.4) is 0 Å². The fourth-order valence-corrected chi connectivity index (χ4v) is 2.49. The molecule has 1 aromatic rings. The summed E-state index contributed by atoms with van der Waals surface area (Å²) in [7, 11) is 0. The Hall–Kier alpha value is -2.63. The van der Waals surface area contributed by atoms with Gasteiger partial charge in [0, 0.05) is 12.2 Å². The van der Waals surface area contributed by atoms with Gasteiger partial charge in [-0.25, -0.2) is 4.79 Å². The first kappa shape index (κ1) is 24.4. The third-order valence-corrected chi connectivity index (χ3v) is 4.33. The molecule has 4 atom stereocenters. The molecular formula is C18H26N4O6S. The van der Waals surface area contributed by atoms with Gasteiger partial charge in [-0.3, -0.25) is 14.4 Å². The largest absolute Gasteiger partial charge is 0.480 e. The van der Waals surface area contributed by atoms with Gasteiger partial charge in [0.1, 0.15) is 6.04 Å². The Balaban J connectivity index is 2.85. The molecule has 7 N–H and O–H groups in total. The monoisotopic (exact) mass is 426 g/mol. The maximum absolute atomic E-state index is 12.6. The number of hydrogen-bond acceptors (Lipinski definition) is 7. The van der Waals surface area contributed by atoms with E-state index in [0.717, 1.165) is 5.56 Å². The van der Waals surface area contributed by atoms with Crippen LogP contribution < -0.4 is 21.7 Å². The van der Waals surface area contributed by atoms with E-state index in [4.69, 9.17) is 10.8 Å². The zero-order chi connectivity index (χ0) is 22.0. The van der Waals surface area contributed by atoms with E-state index < -0.39 is 54.5 Å². The summed E-state index contributed by atoms with van der Waals surface area (Å²) >= 11 is 3.89. The number of carboxylic acid groups (broad SMARTS) is 1. The summed E-state index contributed by atoms with van der Waals surface area (Å²) in [5.41, 5.74) is 6.22. The van der Waals surface area contributed by atoms with Gasteiger partial charge in [-0.05, 0) is 12.5 Å². The highest BCUT2D eigenvalue weighted by molar-refractivity contribution is 7.80. The first-order chi connectivity index (χ1) is 13.6. The fraction of sp³-hybridized carbons (Fsp3) is 0.444. The maximum atomic E-state index is 12.6. The molecule has 0 radical (unpaired) electrons. The van der Waals surface area contributed by atoms with Crippen molar-refractivity contribution in [1.82, 2.24) is 16.0 Å². The Morgan fingerprint density at radius 2 is 1.72 bits per heavy atom. The predicted octanol–water partition coefficient (Wildman–Crippen LogP) is -1.96. The van der Waals surface area contributed by atoms with E-state index >= 15 is 0 Å². The molecule has 1 rings (SSSR count). The van der Waals surface area contributed by atoms with Crippen molar-refractivity contribution in [2.24, 2.45) is 5.73 Å². The SMILES string of the molecule is CC(O)C(NC(=O)C(Cc1ccccc1)NC(=O)CNC(=O)C(N)CS)C(=O)O. The van der Waals surface area contributed by atoms with E-state index in [1.54, 1.807) is 30.3 Å². The van der Waals surface area contributed by atoms with Gasteiger partial charge in [-0.2, -0.15) is 12.6 Å². The average Bonchev–Trinajstić information content (AvgIpc) is 2.69. The molecule has 0 aliphatic carbocycles. The number of hydrogen-bond donors (Lipinski definition) is 7. The summed E-state index contributed by atoms with van der Waals surface area (Å²) in [6, 6.07) is 5.23. The minimum Gasteiger partial charge on any atom is -0.480 e. The molecule has 0 saturated carbocycles. The number of amides is 3. The molecule has 10 nitrogen and oxygen atoms in total. The molecule has 0 aliphatic heterocycles. The minimum absolute atomic E-state index is 0.0780. The number of rotatable bonds is 11. The van der Waals surface area contributed by atoms with Gasteiger partial charge < -0.3 is 31.9 Å². The van der Waals surface area contributed by atoms with Crippen molar-refractivity contribution in [2.75, 3.05) is 12.3 Å². The van der Waals surface area contributed by atoms with Crippen LogP contribution in [0.25, 0.3) is 0 Å². The van der Waals surface area contributed by atoms with E-state index in [9.17, 15) is 24.3 Å². The number of aliphatic carboxylic acids is 1. The van der Waals surface area contributed by atoms with Crippen molar-refractivity contribution < 1.29 is 29.4 Å². The van der Waals surface area contributed by atoms with Gasteiger partial charge in [0.15, 0.2) is 6.04 Å². The number of aliphatic hydroxyl groups is 1. The van der Waals surface area contributed by atoms with Gasteiger partial charge >= 0.3 is 5.97 Å². The maximum Gasteiger partial charge on any atom is 0.328 e. The Labute approximate surface area is 173 Å². The molecule has 11 heteroatoms. The average molecular weight is 426 g/mol. The lowest BCUT2D eigenvalue weighted by Gasteiger charge is -2.23. The second-order valence-electron chi connectivity index (χ2n) is 6.38. The van der Waals surface area contributed by atoms with Gasteiger partial charge in [0.05, 0.1) is 18.7 Å². The summed E-state index contributed by atoms with van der Waals surface area (Å²) in [5.74, 6) is -3.33. The number of thiol groups is 1. The zero-order valence-corrected chi connectivity index (χ0v) is 16.8. The van der Waals surface area contributed by atoms with Crippen LogP contribution in [-0.2, 0) is 25.6 Å². The van der Waals surface area contributed by atoms with Gasteiger partial charge in [0.25, 0.3) is 0 Å². The Morgan fingerprint density at radius 3 is 2.24 bits per heavy atom. The lowest BCUT2D eigenvalue weighted by atomic mass is 10.0. The molecule has 0 aliphatic rings. The number of nitrogens with one attached hydrogen (secondary N) is 3. The van der Waals surface area contributed by atoms with E-state index in [0.29, 0.717) is 0 Å². The van der Waals surface area contributed by atoms with Crippen molar-refractivity contribution >= 4 is 36.3 Å². The predicted molar refractivity (Wildman–Crippen MR) is 108 cm³/mol. The normalized spacial score (nSPS) is 14.8. The highest BCUT2D eigenvalue weighted by atomic mass is 32.1. The summed E-state index contributed by atoms with van der Waals surface area (Å²) in [6.07, 6.45) is -1.26. The van der Waals surface area contributed by atoms with E-state index in [-0.39, 0.29) is 12.2 Å². The molecule has 0 bridgehead atoms. The second kappa shape index (κ2) is 12.0. The molecule has 0 spiro atoms. The number of carbonyl (C=O) groups excluding carboxylic acids is 3. The molecule has 29 heavy (non-hydrogen) atoms. The molecule has 0 aromatic heterocycles. The van der Waals surface area contributed by atoms with Crippen LogP contribution in [0.4, 0.5) is 0 Å². The van der Waals surface area contributed by atoms with Crippen LogP contribution in [0.15, 0.2) is 30.3 Å². The number of carbonyl (C=O) groups is 4. The number of aliphatic hydroxyl groups excluding tert-OH is 1. The lowest BCUT2D eigenvalue weighted by Crippen LogP contribution is -2.56. The smallest absolute Gasteiger partial charge is 0.328 e. The van der Waals surface area contributed by atoms with Crippen molar-refractivity contribution in [3.8, 4) is 0 Å². The standard InChI is InChI=1S/C18H26N4O6S/c1-10(23)15(18(27)28)22-17(26)13(7-11-5-3-2-4-6-11)21-14(24)8-20-16(25)12(19)9-29/h2-6,10,12-13,15,23,29H,7-9,19H2,1H3,(H,20,25)(H,21,24)(H,22,26)(H,27,28). The van der Waals surface area contributed by atoms with Crippen LogP contribution in [-0.4, -0.2) is 70.4 Å². The highest BCUT2D eigenvalue weighted by Gasteiger charge is 2.29. The first-order valence-electron chi connectivity index (χ1n) is 8.84. The minimum atomic E-state index is -1.54. The van der Waals surface area contributed by atoms with Gasteiger partial charge in [-0.1, -0.05) is 30.3 Å². The summed E-state index contributed by atoms with van der Waals surface area (Å²) in [6.45, 7) is 0.807. The molecule has 4 unspecified atom stereocenters. The Bertz CT molecular complexity index is 716. The van der Waals surface area contributed by atoms with Crippen LogP contribution in [0.1, 0.15) is 12.5 Å². The third-order valence-electron chi connectivity index (χ3n) is 3.94.